The smallest absolute Gasteiger partial charge is 0.193 e. The summed E-state index contributed by atoms with van der Waals surface area (Å²) < 4.78 is 3.97. The number of fused-ring (bicyclic) bond motifs is 3. The molecule has 3 aromatic rings. The van der Waals surface area contributed by atoms with Crippen LogP contribution in [0.15, 0.2) is 42.7 Å². The number of thiol groups is 1. The maximum absolute atomic E-state index is 4.52. The predicted octanol–water partition coefficient (Wildman–Crippen LogP) is 2.31. The topological polar surface area (TPSA) is 8.81 Å². The van der Waals surface area contributed by atoms with E-state index in [0.29, 0.717) is 0 Å². The maximum atomic E-state index is 4.52. The van der Waals surface area contributed by atoms with Crippen molar-refractivity contribution in [1.82, 2.24) is 3.97 Å². The Balaban J connectivity index is 2.63. The molecular formula is C12H11N2S+. The molecule has 3 heteroatoms. The van der Waals surface area contributed by atoms with E-state index in [1.807, 2.05) is 21.7 Å². The van der Waals surface area contributed by atoms with Crippen molar-refractivity contribution in [2.45, 2.75) is 0 Å². The highest BCUT2D eigenvalue weighted by Crippen LogP contribution is 2.27. The van der Waals surface area contributed by atoms with Gasteiger partial charge in [0.15, 0.2) is 12.4 Å². The first-order valence-electron chi connectivity index (χ1n) is 4.85. The molecule has 15 heavy (non-hydrogen) atoms. The van der Waals surface area contributed by atoms with Crippen LogP contribution < -0.4 is 4.57 Å². The zero-order valence-corrected chi connectivity index (χ0v) is 9.28. The molecule has 0 saturated carbocycles. The largest absolute Gasteiger partial charge is 0.280 e. The third-order valence-electron chi connectivity index (χ3n) is 2.73. The normalized spacial score (nSPS) is 11.3. The SMILES string of the molecule is C[n+]1ccc2c3ccccc3n(S)c2c1. The van der Waals surface area contributed by atoms with Gasteiger partial charge in [-0.25, -0.2) is 4.57 Å². The minimum absolute atomic E-state index is 1.14. The Morgan fingerprint density at radius 1 is 1.07 bits per heavy atom. The Kier molecular flexibility index (Phi) is 1.76. The molecule has 1 aromatic carbocycles. The lowest BCUT2D eigenvalue weighted by molar-refractivity contribution is -0.670. The number of pyridine rings is 1. The van der Waals surface area contributed by atoms with Crippen LogP contribution in [0.25, 0.3) is 21.8 Å². The lowest BCUT2D eigenvalue weighted by Crippen LogP contribution is -2.25. The molecule has 0 N–H and O–H groups in total. The molecule has 0 aliphatic carbocycles. The molecule has 2 heterocycles. The van der Waals surface area contributed by atoms with Gasteiger partial charge in [-0.3, -0.25) is 3.97 Å². The van der Waals surface area contributed by atoms with E-state index >= 15 is 0 Å². The van der Waals surface area contributed by atoms with Gasteiger partial charge < -0.3 is 0 Å². The zero-order valence-electron chi connectivity index (χ0n) is 8.38. The van der Waals surface area contributed by atoms with Gasteiger partial charge in [0.1, 0.15) is 12.6 Å². The fraction of sp³-hybridized carbons (Fsp3) is 0.0833. The Hall–Kier alpha value is -1.48. The van der Waals surface area contributed by atoms with Crippen molar-refractivity contribution in [3.63, 3.8) is 0 Å². The fourth-order valence-corrected chi connectivity index (χ4v) is 2.33. The van der Waals surface area contributed by atoms with Gasteiger partial charge in [0.2, 0.25) is 0 Å². The first-order valence-corrected chi connectivity index (χ1v) is 5.25. The number of aryl methyl sites for hydroxylation is 1. The minimum Gasteiger partial charge on any atom is -0.280 e. The molecule has 0 bridgehead atoms. The van der Waals surface area contributed by atoms with Crippen molar-refractivity contribution >= 4 is 34.6 Å². The van der Waals surface area contributed by atoms with Gasteiger partial charge in [0.05, 0.1) is 5.52 Å². The number of rotatable bonds is 0. The van der Waals surface area contributed by atoms with E-state index in [0.717, 1.165) is 11.0 Å². The van der Waals surface area contributed by atoms with Crippen molar-refractivity contribution in [3.05, 3.63) is 42.7 Å². The van der Waals surface area contributed by atoms with Crippen molar-refractivity contribution in [1.29, 1.82) is 0 Å². The van der Waals surface area contributed by atoms with E-state index < -0.39 is 0 Å². The summed E-state index contributed by atoms with van der Waals surface area (Å²) in [5, 5.41) is 2.50. The van der Waals surface area contributed by atoms with Gasteiger partial charge in [-0.15, -0.1) is 0 Å². The number of aromatic nitrogens is 2. The van der Waals surface area contributed by atoms with Crippen LogP contribution in [0.5, 0.6) is 0 Å². The Morgan fingerprint density at radius 2 is 1.80 bits per heavy atom. The molecule has 0 fully saturated rings. The van der Waals surface area contributed by atoms with Gasteiger partial charge in [0, 0.05) is 16.8 Å². The summed E-state index contributed by atoms with van der Waals surface area (Å²) in [5.41, 5.74) is 2.30. The molecule has 0 atom stereocenters. The summed E-state index contributed by atoms with van der Waals surface area (Å²) in [7, 11) is 2.02. The minimum atomic E-state index is 1.14. The van der Waals surface area contributed by atoms with Crippen LogP contribution in [-0.2, 0) is 7.05 Å². The summed E-state index contributed by atoms with van der Waals surface area (Å²) in [5.74, 6) is 0. The number of hydrogen-bond acceptors (Lipinski definition) is 1. The summed E-state index contributed by atoms with van der Waals surface area (Å²) >= 11 is 4.52. The molecule has 74 valence electrons. The molecule has 0 unspecified atom stereocenters. The lowest BCUT2D eigenvalue weighted by Gasteiger charge is -1.93. The van der Waals surface area contributed by atoms with E-state index in [-0.39, 0.29) is 0 Å². The highest BCUT2D eigenvalue weighted by Gasteiger charge is 2.10. The second kappa shape index (κ2) is 3.00. The third kappa shape index (κ3) is 1.16. The van der Waals surface area contributed by atoms with Crippen LogP contribution in [0.1, 0.15) is 0 Å². The molecule has 0 aliphatic rings. The van der Waals surface area contributed by atoms with Crippen LogP contribution >= 0.6 is 12.8 Å². The van der Waals surface area contributed by atoms with Crippen molar-refractivity contribution < 1.29 is 4.57 Å². The van der Waals surface area contributed by atoms with Gasteiger partial charge >= 0.3 is 0 Å². The zero-order chi connectivity index (χ0) is 10.4. The van der Waals surface area contributed by atoms with Crippen LogP contribution in [0.3, 0.4) is 0 Å². The molecular weight excluding hydrogens is 204 g/mol. The molecule has 3 rings (SSSR count). The first kappa shape index (κ1) is 8.80. The average molecular weight is 215 g/mol. The Labute approximate surface area is 93.3 Å². The van der Waals surface area contributed by atoms with Crippen LogP contribution in [0.2, 0.25) is 0 Å². The average Bonchev–Trinajstić information content (AvgIpc) is 2.54. The van der Waals surface area contributed by atoms with Crippen molar-refractivity contribution in [2.75, 3.05) is 0 Å². The van der Waals surface area contributed by atoms with Gasteiger partial charge in [-0.05, 0) is 6.07 Å². The van der Waals surface area contributed by atoms with E-state index in [1.165, 1.54) is 10.8 Å². The third-order valence-corrected chi connectivity index (χ3v) is 3.16. The van der Waals surface area contributed by atoms with E-state index in [4.69, 9.17) is 0 Å². The second-order valence-corrected chi connectivity index (χ2v) is 4.14. The Bertz CT molecular complexity index is 655. The molecule has 2 nitrogen and oxygen atoms in total. The summed E-state index contributed by atoms with van der Waals surface area (Å²) in [4.78, 5) is 0. The van der Waals surface area contributed by atoms with E-state index in [9.17, 15) is 0 Å². The quantitative estimate of drug-likeness (QED) is 0.435. The highest BCUT2D eigenvalue weighted by atomic mass is 32.1. The summed E-state index contributed by atoms with van der Waals surface area (Å²) in [6, 6.07) is 10.4. The van der Waals surface area contributed by atoms with Crippen molar-refractivity contribution in [2.24, 2.45) is 7.05 Å². The number of hydrogen-bond donors (Lipinski definition) is 1. The first-order chi connectivity index (χ1) is 7.27. The molecule has 0 amide bonds. The molecule has 0 aliphatic heterocycles. The number of para-hydroxylation sites is 1. The monoisotopic (exact) mass is 215 g/mol. The number of nitrogens with zero attached hydrogens (tertiary/aromatic N) is 2. The predicted molar refractivity (Wildman–Crippen MR) is 65.0 cm³/mol. The maximum Gasteiger partial charge on any atom is 0.193 e. The molecule has 0 radical (unpaired) electrons. The highest BCUT2D eigenvalue weighted by molar-refractivity contribution is 7.79. The lowest BCUT2D eigenvalue weighted by atomic mass is 10.2. The van der Waals surface area contributed by atoms with Crippen LogP contribution in [0, 0.1) is 0 Å². The van der Waals surface area contributed by atoms with Gasteiger partial charge in [-0.1, -0.05) is 31.0 Å². The van der Waals surface area contributed by atoms with Gasteiger partial charge in [0.25, 0.3) is 0 Å². The second-order valence-electron chi connectivity index (χ2n) is 3.74. The molecule has 2 aromatic heterocycles. The standard InChI is InChI=1S/C12H11N2S/c1-13-7-6-10-9-4-2-3-5-11(9)14(15)12(10)8-13/h2-8,15H,1H3/q+1. The van der Waals surface area contributed by atoms with Gasteiger partial charge in [-0.2, -0.15) is 0 Å². The Morgan fingerprint density at radius 3 is 2.67 bits per heavy atom. The molecule has 0 saturated heterocycles. The van der Waals surface area contributed by atoms with Crippen molar-refractivity contribution in [3.8, 4) is 0 Å². The van der Waals surface area contributed by atoms with E-state index in [2.05, 4.69) is 49.5 Å². The van der Waals surface area contributed by atoms with Crippen LogP contribution in [0.4, 0.5) is 0 Å². The fourth-order valence-electron chi connectivity index (χ4n) is 2.00. The molecule has 0 spiro atoms. The summed E-state index contributed by atoms with van der Waals surface area (Å²) in [6.07, 6.45) is 4.14. The number of benzene rings is 1. The van der Waals surface area contributed by atoms with E-state index in [1.54, 1.807) is 0 Å². The summed E-state index contributed by atoms with van der Waals surface area (Å²) in [6.45, 7) is 0. The van der Waals surface area contributed by atoms with Crippen LogP contribution in [-0.4, -0.2) is 3.97 Å².